The van der Waals surface area contributed by atoms with Crippen LogP contribution in [0.1, 0.15) is 32.1 Å². The molecule has 0 unspecified atom stereocenters. The topological polar surface area (TPSA) is 78.4 Å². The smallest absolute Gasteiger partial charge is 0.214 e. The van der Waals surface area contributed by atoms with Gasteiger partial charge in [-0.3, -0.25) is 9.59 Å². The van der Waals surface area contributed by atoms with E-state index in [0.29, 0.717) is 33.7 Å². The third kappa shape index (κ3) is 1.83. The lowest BCUT2D eigenvalue weighted by atomic mass is 9.89. The molecule has 3 aromatic rings. The summed E-state index contributed by atoms with van der Waals surface area (Å²) in [6, 6.07) is 10.0. The van der Waals surface area contributed by atoms with Crippen LogP contribution in [-0.4, -0.2) is 35.8 Å². The van der Waals surface area contributed by atoms with Crippen molar-refractivity contribution in [2.24, 2.45) is 0 Å². The standard InChI is InChI=1S/C18H12N2O4/c1-23-11-7-8-12(24-2)14-13(11)19-15-16(20-14)18(22)10-6-4-3-5-9(10)17(15)21/h3-8H,1-2H3. The lowest BCUT2D eigenvalue weighted by molar-refractivity contribution is 0.0972. The van der Waals surface area contributed by atoms with Gasteiger partial charge < -0.3 is 9.47 Å². The van der Waals surface area contributed by atoms with Gasteiger partial charge in [-0.05, 0) is 12.1 Å². The van der Waals surface area contributed by atoms with Crippen molar-refractivity contribution in [1.82, 2.24) is 9.97 Å². The number of carbonyl (C=O) groups excluding carboxylic acids is 2. The third-order valence-corrected chi connectivity index (χ3v) is 4.03. The van der Waals surface area contributed by atoms with Crippen LogP contribution in [0.25, 0.3) is 11.0 Å². The number of ether oxygens (including phenoxy) is 2. The van der Waals surface area contributed by atoms with Crippen molar-refractivity contribution in [1.29, 1.82) is 0 Å². The molecule has 4 rings (SSSR count). The Balaban J connectivity index is 2.08. The maximum atomic E-state index is 12.7. The average Bonchev–Trinajstić information content (AvgIpc) is 2.64. The Bertz CT molecular complexity index is 945. The largest absolute Gasteiger partial charge is 0.494 e. The molecule has 24 heavy (non-hydrogen) atoms. The van der Waals surface area contributed by atoms with Gasteiger partial charge in [0.25, 0.3) is 0 Å². The Kier molecular flexibility index (Phi) is 3.06. The monoisotopic (exact) mass is 320 g/mol. The number of hydrogen-bond donors (Lipinski definition) is 0. The minimum absolute atomic E-state index is 0.0396. The second kappa shape index (κ2) is 5.13. The summed E-state index contributed by atoms with van der Waals surface area (Å²) in [7, 11) is 3.01. The maximum absolute atomic E-state index is 12.7. The lowest BCUT2D eigenvalue weighted by Gasteiger charge is -2.17. The van der Waals surface area contributed by atoms with Crippen LogP contribution in [0.15, 0.2) is 36.4 Å². The molecule has 118 valence electrons. The van der Waals surface area contributed by atoms with Crippen molar-refractivity contribution >= 4 is 22.6 Å². The Hall–Kier alpha value is -3.28. The fourth-order valence-electron chi connectivity index (χ4n) is 2.87. The molecular formula is C18H12N2O4. The quantitative estimate of drug-likeness (QED) is 0.564. The van der Waals surface area contributed by atoms with Gasteiger partial charge in [-0.1, -0.05) is 24.3 Å². The van der Waals surface area contributed by atoms with E-state index in [1.807, 2.05) is 0 Å². The highest BCUT2D eigenvalue weighted by molar-refractivity contribution is 6.27. The van der Waals surface area contributed by atoms with E-state index < -0.39 is 0 Å². The molecule has 6 heteroatoms. The van der Waals surface area contributed by atoms with E-state index in [4.69, 9.17) is 9.47 Å². The highest BCUT2D eigenvalue weighted by Crippen LogP contribution is 2.33. The van der Waals surface area contributed by atoms with Crippen LogP contribution in [0, 0.1) is 0 Å². The molecule has 0 amide bonds. The van der Waals surface area contributed by atoms with Crippen molar-refractivity contribution in [3.63, 3.8) is 0 Å². The van der Waals surface area contributed by atoms with Gasteiger partial charge in [-0.25, -0.2) is 9.97 Å². The maximum Gasteiger partial charge on any atom is 0.214 e. The lowest BCUT2D eigenvalue weighted by Crippen LogP contribution is -2.24. The fourth-order valence-corrected chi connectivity index (χ4v) is 2.87. The molecule has 2 aromatic carbocycles. The molecule has 6 nitrogen and oxygen atoms in total. The van der Waals surface area contributed by atoms with E-state index in [-0.39, 0.29) is 23.0 Å². The fraction of sp³-hybridized carbons (Fsp3) is 0.111. The van der Waals surface area contributed by atoms with Crippen LogP contribution in [0.4, 0.5) is 0 Å². The number of carbonyl (C=O) groups is 2. The van der Waals surface area contributed by atoms with E-state index in [0.717, 1.165) is 0 Å². The first-order chi connectivity index (χ1) is 11.7. The summed E-state index contributed by atoms with van der Waals surface area (Å²) >= 11 is 0. The number of nitrogens with zero attached hydrogens (tertiary/aromatic N) is 2. The number of hydrogen-bond acceptors (Lipinski definition) is 6. The van der Waals surface area contributed by atoms with Gasteiger partial charge in [0.05, 0.1) is 14.2 Å². The number of aromatic nitrogens is 2. The van der Waals surface area contributed by atoms with E-state index >= 15 is 0 Å². The number of rotatable bonds is 2. The van der Waals surface area contributed by atoms with Gasteiger partial charge in [0.1, 0.15) is 33.9 Å². The second-order valence-corrected chi connectivity index (χ2v) is 5.29. The normalized spacial score (nSPS) is 12.8. The summed E-state index contributed by atoms with van der Waals surface area (Å²) in [6.07, 6.45) is 0. The highest BCUT2D eigenvalue weighted by Gasteiger charge is 2.33. The molecule has 0 radical (unpaired) electrons. The minimum atomic E-state index is -0.320. The van der Waals surface area contributed by atoms with Gasteiger partial charge in [0, 0.05) is 11.1 Å². The summed E-state index contributed by atoms with van der Waals surface area (Å²) < 4.78 is 10.6. The van der Waals surface area contributed by atoms with Crippen molar-refractivity contribution in [3.05, 3.63) is 58.9 Å². The molecular weight excluding hydrogens is 308 g/mol. The third-order valence-electron chi connectivity index (χ3n) is 4.03. The zero-order chi connectivity index (χ0) is 16.8. The van der Waals surface area contributed by atoms with Gasteiger partial charge >= 0.3 is 0 Å². The zero-order valence-corrected chi connectivity index (χ0v) is 13.0. The van der Waals surface area contributed by atoms with E-state index in [1.165, 1.54) is 14.2 Å². The van der Waals surface area contributed by atoms with E-state index in [9.17, 15) is 9.59 Å². The molecule has 0 saturated carbocycles. The van der Waals surface area contributed by atoms with Gasteiger partial charge in [0.15, 0.2) is 0 Å². The van der Waals surface area contributed by atoms with Crippen LogP contribution < -0.4 is 9.47 Å². The molecule has 0 bridgehead atoms. The molecule has 1 aliphatic rings. The number of ketones is 2. The molecule has 0 atom stereocenters. The minimum Gasteiger partial charge on any atom is -0.494 e. The summed E-state index contributed by atoms with van der Waals surface area (Å²) in [5.74, 6) is 0.277. The summed E-state index contributed by atoms with van der Waals surface area (Å²) in [5, 5.41) is 0. The van der Waals surface area contributed by atoms with Crippen LogP contribution in [0.2, 0.25) is 0 Å². The molecule has 0 aliphatic heterocycles. The van der Waals surface area contributed by atoms with Crippen molar-refractivity contribution in [2.75, 3.05) is 14.2 Å². The average molecular weight is 320 g/mol. The van der Waals surface area contributed by atoms with Crippen LogP contribution in [-0.2, 0) is 0 Å². The molecule has 1 aromatic heterocycles. The van der Waals surface area contributed by atoms with E-state index in [1.54, 1.807) is 36.4 Å². The summed E-state index contributed by atoms with van der Waals surface area (Å²) in [4.78, 5) is 34.2. The Morgan fingerprint density at radius 1 is 0.708 bits per heavy atom. The number of fused-ring (bicyclic) bond motifs is 3. The molecule has 0 spiro atoms. The van der Waals surface area contributed by atoms with Gasteiger partial charge in [-0.15, -0.1) is 0 Å². The number of benzene rings is 2. The summed E-state index contributed by atoms with van der Waals surface area (Å²) in [6.45, 7) is 0. The first-order valence-electron chi connectivity index (χ1n) is 7.27. The second-order valence-electron chi connectivity index (χ2n) is 5.29. The Morgan fingerprint density at radius 3 is 1.50 bits per heavy atom. The van der Waals surface area contributed by atoms with E-state index in [2.05, 4.69) is 9.97 Å². The van der Waals surface area contributed by atoms with Crippen molar-refractivity contribution in [3.8, 4) is 11.5 Å². The first kappa shape index (κ1) is 14.3. The SMILES string of the molecule is COc1ccc(OC)c2nc3c(nc12)C(=O)c1ccccc1C3=O. The highest BCUT2D eigenvalue weighted by atomic mass is 16.5. The van der Waals surface area contributed by atoms with Crippen molar-refractivity contribution in [2.45, 2.75) is 0 Å². The molecule has 1 heterocycles. The van der Waals surface area contributed by atoms with Crippen LogP contribution in [0.3, 0.4) is 0 Å². The Labute approximate surface area is 137 Å². The molecule has 1 aliphatic carbocycles. The van der Waals surface area contributed by atoms with Crippen LogP contribution >= 0.6 is 0 Å². The summed E-state index contributed by atoms with van der Waals surface area (Å²) in [5.41, 5.74) is 1.53. The zero-order valence-electron chi connectivity index (χ0n) is 13.0. The predicted molar refractivity (Wildman–Crippen MR) is 85.9 cm³/mol. The van der Waals surface area contributed by atoms with Crippen molar-refractivity contribution < 1.29 is 19.1 Å². The predicted octanol–water partition coefficient (Wildman–Crippen LogP) is 2.42. The number of methoxy groups -OCH3 is 2. The first-order valence-corrected chi connectivity index (χ1v) is 7.27. The molecule has 0 fully saturated rings. The Morgan fingerprint density at radius 2 is 1.12 bits per heavy atom. The van der Waals surface area contributed by atoms with Gasteiger partial charge in [0.2, 0.25) is 11.6 Å². The molecule has 0 saturated heterocycles. The van der Waals surface area contributed by atoms with Gasteiger partial charge in [-0.2, -0.15) is 0 Å². The molecule has 0 N–H and O–H groups in total. The van der Waals surface area contributed by atoms with Crippen LogP contribution in [0.5, 0.6) is 11.5 Å².